The first kappa shape index (κ1) is 18.3. The molecule has 0 spiro atoms. The molecule has 3 aromatic rings. The summed E-state index contributed by atoms with van der Waals surface area (Å²) in [5.41, 5.74) is 2.69. The largest absolute Gasteiger partial charge is 0.364 e. The number of carbonyl (C=O) groups excluding carboxylic acids is 1. The second kappa shape index (κ2) is 7.87. The van der Waals surface area contributed by atoms with Gasteiger partial charge in [0.25, 0.3) is 0 Å². The summed E-state index contributed by atoms with van der Waals surface area (Å²) in [6.07, 6.45) is 4.20. The van der Waals surface area contributed by atoms with E-state index in [1.165, 1.54) is 9.09 Å². The molecule has 9 heteroatoms. The highest BCUT2D eigenvalue weighted by molar-refractivity contribution is 9.10. The van der Waals surface area contributed by atoms with Crippen LogP contribution in [0.3, 0.4) is 0 Å². The minimum absolute atomic E-state index is 0.0201. The van der Waals surface area contributed by atoms with Crippen LogP contribution in [-0.4, -0.2) is 22.1 Å². The minimum Gasteiger partial charge on any atom is -0.364 e. The number of hydrogen-bond donors (Lipinski definition) is 3. The Hall–Kier alpha value is -2.10. The van der Waals surface area contributed by atoms with Gasteiger partial charge in [0, 0.05) is 22.4 Å². The molecule has 0 unspecified atom stereocenters. The van der Waals surface area contributed by atoms with Gasteiger partial charge in [-0.1, -0.05) is 0 Å². The average molecular weight is 462 g/mol. The Kier molecular flexibility index (Phi) is 5.33. The van der Waals surface area contributed by atoms with Gasteiger partial charge >= 0.3 is 0 Å². The number of nitrogens with one attached hydrogen (secondary N) is 3. The van der Waals surface area contributed by atoms with E-state index in [4.69, 9.17) is 0 Å². The Morgan fingerprint density at radius 2 is 2.22 bits per heavy atom. The SMILES string of the molecule is CSc1ccc(CNc2nc(Nc3ccc4c(c3)CC(=O)N4)ncc2Br)s1. The number of carbonyl (C=O) groups is 1. The van der Waals surface area contributed by atoms with Crippen molar-refractivity contribution >= 4 is 68.1 Å². The normalized spacial score (nSPS) is 12.6. The molecule has 2 aromatic heterocycles. The summed E-state index contributed by atoms with van der Waals surface area (Å²) >= 11 is 7.01. The zero-order valence-electron chi connectivity index (χ0n) is 14.4. The number of fused-ring (bicyclic) bond motifs is 1. The number of aromatic nitrogens is 2. The number of hydrogen-bond acceptors (Lipinski definition) is 7. The fourth-order valence-electron chi connectivity index (χ4n) is 2.72. The van der Waals surface area contributed by atoms with E-state index < -0.39 is 0 Å². The van der Waals surface area contributed by atoms with Gasteiger partial charge in [-0.3, -0.25) is 4.79 Å². The lowest BCUT2D eigenvalue weighted by molar-refractivity contribution is -0.115. The molecule has 1 aliphatic heterocycles. The molecule has 27 heavy (non-hydrogen) atoms. The van der Waals surface area contributed by atoms with Crippen molar-refractivity contribution in [2.24, 2.45) is 0 Å². The van der Waals surface area contributed by atoms with E-state index in [2.05, 4.69) is 60.2 Å². The molecule has 138 valence electrons. The fraction of sp³-hybridized carbons (Fsp3) is 0.167. The maximum atomic E-state index is 11.5. The maximum Gasteiger partial charge on any atom is 0.229 e. The van der Waals surface area contributed by atoms with Crippen molar-refractivity contribution < 1.29 is 4.79 Å². The van der Waals surface area contributed by atoms with Gasteiger partial charge in [-0.25, -0.2) is 4.98 Å². The first-order valence-corrected chi connectivity index (χ1v) is 11.0. The second-order valence-corrected chi connectivity index (χ2v) is 9.02. The van der Waals surface area contributed by atoms with E-state index in [0.717, 1.165) is 27.2 Å². The molecule has 0 bridgehead atoms. The van der Waals surface area contributed by atoms with E-state index in [1.807, 2.05) is 18.2 Å². The van der Waals surface area contributed by atoms with Gasteiger partial charge in [0.15, 0.2) is 0 Å². The first-order chi connectivity index (χ1) is 13.1. The highest BCUT2D eigenvalue weighted by atomic mass is 79.9. The van der Waals surface area contributed by atoms with Crippen LogP contribution in [0.15, 0.2) is 45.2 Å². The predicted octanol–water partition coefficient (Wildman–Crippen LogP) is 4.87. The summed E-state index contributed by atoms with van der Waals surface area (Å²) in [4.78, 5) is 21.6. The Bertz CT molecular complexity index is 1010. The summed E-state index contributed by atoms with van der Waals surface area (Å²) in [6.45, 7) is 0.701. The molecule has 0 aliphatic carbocycles. The van der Waals surface area contributed by atoms with Gasteiger partial charge in [-0.15, -0.1) is 23.1 Å². The van der Waals surface area contributed by atoms with Crippen LogP contribution >= 0.6 is 39.0 Å². The van der Waals surface area contributed by atoms with Crippen LogP contribution in [0.25, 0.3) is 0 Å². The highest BCUT2D eigenvalue weighted by Crippen LogP contribution is 2.29. The third-order valence-corrected chi connectivity index (χ3v) is 6.75. The molecule has 0 saturated carbocycles. The zero-order valence-corrected chi connectivity index (χ0v) is 17.6. The second-order valence-electron chi connectivity index (χ2n) is 5.89. The molecule has 3 heterocycles. The van der Waals surface area contributed by atoms with Gasteiger partial charge in [0.05, 0.1) is 21.6 Å². The van der Waals surface area contributed by atoms with Crippen molar-refractivity contribution in [3.63, 3.8) is 0 Å². The first-order valence-electron chi connectivity index (χ1n) is 8.19. The standard InChI is InChI=1S/C18H16BrN5OS2/c1-26-16-5-3-12(27-16)8-20-17-13(19)9-21-18(24-17)22-11-2-4-14-10(6-11)7-15(25)23-14/h2-6,9H,7-8H2,1H3,(H,23,25)(H2,20,21,22,24). The van der Waals surface area contributed by atoms with Crippen molar-refractivity contribution in [3.8, 4) is 0 Å². The van der Waals surface area contributed by atoms with Crippen molar-refractivity contribution in [3.05, 3.63) is 51.4 Å². The third-order valence-electron chi connectivity index (χ3n) is 4.00. The molecule has 3 N–H and O–H groups in total. The summed E-state index contributed by atoms with van der Waals surface area (Å²) in [5.74, 6) is 1.24. The van der Waals surface area contributed by atoms with E-state index in [0.29, 0.717) is 18.9 Å². The molecule has 0 radical (unpaired) electrons. The van der Waals surface area contributed by atoms with Gasteiger partial charge in [0.2, 0.25) is 11.9 Å². The number of rotatable bonds is 6. The van der Waals surface area contributed by atoms with E-state index >= 15 is 0 Å². The Morgan fingerprint density at radius 3 is 3.04 bits per heavy atom. The minimum atomic E-state index is 0.0201. The van der Waals surface area contributed by atoms with Crippen LogP contribution in [0, 0.1) is 0 Å². The van der Waals surface area contributed by atoms with Crippen LogP contribution < -0.4 is 16.0 Å². The predicted molar refractivity (Wildman–Crippen MR) is 115 cm³/mol. The summed E-state index contributed by atoms with van der Waals surface area (Å²) in [5, 5.41) is 9.38. The molecule has 1 amide bonds. The number of thiophene rings is 1. The number of anilines is 4. The molecular weight excluding hydrogens is 446 g/mol. The number of nitrogens with zero attached hydrogens (tertiary/aromatic N) is 2. The molecule has 1 aromatic carbocycles. The number of halogens is 1. The Morgan fingerprint density at radius 1 is 1.33 bits per heavy atom. The Labute approximate surface area is 173 Å². The Balaban J connectivity index is 1.47. The van der Waals surface area contributed by atoms with Gasteiger partial charge < -0.3 is 16.0 Å². The number of amides is 1. The molecule has 0 atom stereocenters. The van der Waals surface area contributed by atoms with E-state index in [-0.39, 0.29) is 5.91 Å². The molecule has 6 nitrogen and oxygen atoms in total. The lowest BCUT2D eigenvalue weighted by Crippen LogP contribution is -2.04. The molecular formula is C18H16BrN5OS2. The van der Waals surface area contributed by atoms with Gasteiger partial charge in [0.1, 0.15) is 5.82 Å². The zero-order chi connectivity index (χ0) is 18.8. The maximum absolute atomic E-state index is 11.5. The number of thioether (sulfide) groups is 1. The average Bonchev–Trinajstić information content (AvgIpc) is 3.27. The summed E-state index contributed by atoms with van der Waals surface area (Å²) < 4.78 is 2.10. The topological polar surface area (TPSA) is 78.9 Å². The summed E-state index contributed by atoms with van der Waals surface area (Å²) in [7, 11) is 0. The number of benzene rings is 1. The fourth-order valence-corrected chi connectivity index (χ4v) is 4.59. The van der Waals surface area contributed by atoms with Crippen molar-refractivity contribution in [2.45, 2.75) is 17.2 Å². The quantitative estimate of drug-likeness (QED) is 0.454. The van der Waals surface area contributed by atoms with E-state index in [9.17, 15) is 4.79 Å². The molecule has 0 fully saturated rings. The van der Waals surface area contributed by atoms with Crippen molar-refractivity contribution in [1.82, 2.24) is 9.97 Å². The van der Waals surface area contributed by atoms with Crippen molar-refractivity contribution in [1.29, 1.82) is 0 Å². The van der Waals surface area contributed by atoms with Crippen LogP contribution in [0.1, 0.15) is 10.4 Å². The third kappa shape index (κ3) is 4.26. The molecule has 1 aliphatic rings. The smallest absolute Gasteiger partial charge is 0.229 e. The summed E-state index contributed by atoms with van der Waals surface area (Å²) in [6, 6.07) is 9.99. The van der Waals surface area contributed by atoms with Gasteiger partial charge in [-0.2, -0.15) is 4.98 Å². The monoisotopic (exact) mass is 461 g/mol. The van der Waals surface area contributed by atoms with Crippen LogP contribution in [0.5, 0.6) is 0 Å². The lowest BCUT2D eigenvalue weighted by atomic mass is 10.1. The molecule has 0 saturated heterocycles. The van der Waals surface area contributed by atoms with Crippen molar-refractivity contribution in [2.75, 3.05) is 22.2 Å². The van der Waals surface area contributed by atoms with Crippen LogP contribution in [-0.2, 0) is 17.8 Å². The highest BCUT2D eigenvalue weighted by Gasteiger charge is 2.17. The van der Waals surface area contributed by atoms with Crippen LogP contribution in [0.2, 0.25) is 0 Å². The van der Waals surface area contributed by atoms with Crippen LogP contribution in [0.4, 0.5) is 23.1 Å². The van der Waals surface area contributed by atoms with Gasteiger partial charge in [-0.05, 0) is 58.1 Å². The lowest BCUT2D eigenvalue weighted by Gasteiger charge is -2.10. The molecule has 4 rings (SSSR count). The van der Waals surface area contributed by atoms with E-state index in [1.54, 1.807) is 29.3 Å².